The summed E-state index contributed by atoms with van der Waals surface area (Å²) in [6, 6.07) is 0. The fourth-order valence-corrected chi connectivity index (χ4v) is 1.01. The Morgan fingerprint density at radius 2 is 1.64 bits per heavy atom. The average Bonchev–Trinajstić information content (AvgIpc) is 2.02. The second-order valence-electron chi connectivity index (χ2n) is 3.71. The highest BCUT2D eigenvalue weighted by Crippen LogP contribution is 2.23. The van der Waals surface area contributed by atoms with Crippen molar-refractivity contribution >= 4 is 0 Å². The van der Waals surface area contributed by atoms with E-state index in [1.807, 2.05) is 13.8 Å². The van der Waals surface area contributed by atoms with Crippen LogP contribution in [0.5, 0.6) is 0 Å². The van der Waals surface area contributed by atoms with Crippen LogP contribution in [0.4, 0.5) is 13.2 Å². The summed E-state index contributed by atoms with van der Waals surface area (Å²) in [6.45, 7) is 3.02. The van der Waals surface area contributed by atoms with E-state index in [4.69, 9.17) is 4.74 Å². The Kier molecular flexibility index (Phi) is 5.44. The molecule has 0 aromatic carbocycles. The molecule has 0 saturated carbocycles. The van der Waals surface area contributed by atoms with Gasteiger partial charge in [-0.1, -0.05) is 13.8 Å². The molecule has 0 aliphatic heterocycles. The third kappa shape index (κ3) is 6.21. The van der Waals surface area contributed by atoms with Crippen molar-refractivity contribution in [2.45, 2.75) is 26.4 Å². The number of methoxy groups -OCH3 is 1. The van der Waals surface area contributed by atoms with Crippen LogP contribution in [0.2, 0.25) is 0 Å². The highest BCUT2D eigenvalue weighted by molar-refractivity contribution is 4.71. The molecule has 86 valence electrons. The smallest absolute Gasteiger partial charge is 0.384 e. The quantitative estimate of drug-likeness (QED) is 0.676. The minimum Gasteiger partial charge on any atom is -0.384 e. The number of hydrogen-bond donors (Lipinski definition) is 0. The number of halogens is 3. The normalized spacial score (nSPS) is 16.7. The average molecular weight is 214 g/mol. The zero-order valence-corrected chi connectivity index (χ0v) is 8.78. The van der Waals surface area contributed by atoms with Crippen molar-refractivity contribution in [1.29, 1.82) is 0 Å². The van der Waals surface area contributed by atoms with E-state index in [2.05, 4.69) is 4.74 Å². The van der Waals surface area contributed by atoms with Crippen LogP contribution in [0, 0.1) is 5.41 Å². The van der Waals surface area contributed by atoms with Gasteiger partial charge in [-0.05, 0) is 6.42 Å². The van der Waals surface area contributed by atoms with Crippen LogP contribution < -0.4 is 0 Å². The molecule has 1 unspecified atom stereocenters. The number of ether oxygens (including phenoxy) is 2. The lowest BCUT2D eigenvalue weighted by Crippen LogP contribution is -2.30. The van der Waals surface area contributed by atoms with E-state index in [1.54, 1.807) is 0 Å². The molecule has 5 heteroatoms. The van der Waals surface area contributed by atoms with Crippen LogP contribution in [0.3, 0.4) is 0 Å². The van der Waals surface area contributed by atoms with E-state index >= 15 is 0 Å². The van der Waals surface area contributed by atoms with Crippen molar-refractivity contribution in [3.8, 4) is 0 Å². The summed E-state index contributed by atoms with van der Waals surface area (Å²) in [5.74, 6) is 0. The molecule has 0 spiro atoms. The van der Waals surface area contributed by atoms with Crippen LogP contribution in [0.15, 0.2) is 0 Å². The second-order valence-corrected chi connectivity index (χ2v) is 3.71. The number of rotatable bonds is 6. The third-order valence-corrected chi connectivity index (χ3v) is 2.06. The summed E-state index contributed by atoms with van der Waals surface area (Å²) < 4.78 is 44.8. The molecule has 0 N–H and O–H groups in total. The zero-order chi connectivity index (χ0) is 11.2. The van der Waals surface area contributed by atoms with Crippen molar-refractivity contribution < 1.29 is 22.6 Å². The maximum absolute atomic E-state index is 11.8. The molecule has 0 rings (SSSR count). The van der Waals surface area contributed by atoms with Gasteiger partial charge in [-0.15, -0.1) is 0 Å². The summed E-state index contributed by atoms with van der Waals surface area (Å²) in [5.41, 5.74) is -0.333. The van der Waals surface area contributed by atoms with E-state index in [9.17, 15) is 13.2 Å². The fourth-order valence-electron chi connectivity index (χ4n) is 1.01. The molecular formula is C9H17F3O2. The first-order chi connectivity index (χ1) is 6.33. The van der Waals surface area contributed by atoms with Crippen LogP contribution in [0.25, 0.3) is 0 Å². The Bertz CT molecular complexity index is 159. The first-order valence-corrected chi connectivity index (χ1v) is 4.46. The summed E-state index contributed by atoms with van der Waals surface area (Å²) in [5, 5.41) is 0. The van der Waals surface area contributed by atoms with Crippen LogP contribution >= 0.6 is 0 Å². The first kappa shape index (κ1) is 13.7. The van der Waals surface area contributed by atoms with Crippen LogP contribution in [-0.2, 0) is 9.47 Å². The molecular weight excluding hydrogens is 197 g/mol. The maximum Gasteiger partial charge on any atom is 0.411 e. The lowest BCUT2D eigenvalue weighted by atomic mass is 9.90. The maximum atomic E-state index is 11.8. The molecule has 0 bridgehead atoms. The van der Waals surface area contributed by atoms with Gasteiger partial charge in [-0.3, -0.25) is 0 Å². The highest BCUT2D eigenvalue weighted by atomic mass is 19.4. The van der Waals surface area contributed by atoms with Crippen molar-refractivity contribution in [1.82, 2.24) is 0 Å². The van der Waals surface area contributed by atoms with Crippen LogP contribution in [-0.4, -0.2) is 33.1 Å². The standard InChI is InChI=1S/C9H17F3O2/c1-4-8(2,5-13-3)6-14-7-9(10,11)12/h4-7H2,1-3H3. The zero-order valence-electron chi connectivity index (χ0n) is 8.78. The summed E-state index contributed by atoms with van der Waals surface area (Å²) >= 11 is 0. The Labute approximate surface area is 82.4 Å². The fraction of sp³-hybridized carbons (Fsp3) is 1.00. The van der Waals surface area contributed by atoms with Gasteiger partial charge in [0, 0.05) is 12.5 Å². The summed E-state index contributed by atoms with van der Waals surface area (Å²) in [6.07, 6.45) is -3.53. The van der Waals surface area contributed by atoms with Crippen molar-refractivity contribution in [3.63, 3.8) is 0 Å². The van der Waals surface area contributed by atoms with E-state index in [0.717, 1.165) is 6.42 Å². The Morgan fingerprint density at radius 3 is 2.00 bits per heavy atom. The topological polar surface area (TPSA) is 18.5 Å². The van der Waals surface area contributed by atoms with Gasteiger partial charge in [0.2, 0.25) is 0 Å². The van der Waals surface area contributed by atoms with Crippen molar-refractivity contribution in [2.75, 3.05) is 26.9 Å². The predicted octanol–water partition coefficient (Wildman–Crippen LogP) is 2.63. The third-order valence-electron chi connectivity index (χ3n) is 2.06. The Morgan fingerprint density at radius 1 is 1.07 bits per heavy atom. The van der Waals surface area contributed by atoms with Gasteiger partial charge >= 0.3 is 6.18 Å². The Hall–Kier alpha value is -0.290. The molecule has 14 heavy (non-hydrogen) atoms. The molecule has 0 aliphatic rings. The summed E-state index contributed by atoms with van der Waals surface area (Å²) in [7, 11) is 1.53. The number of alkyl halides is 3. The SMILES string of the molecule is CCC(C)(COC)COCC(F)(F)F. The van der Waals surface area contributed by atoms with Crippen molar-refractivity contribution in [2.24, 2.45) is 5.41 Å². The molecule has 0 aromatic heterocycles. The molecule has 0 aromatic rings. The molecule has 2 nitrogen and oxygen atoms in total. The van der Waals surface area contributed by atoms with Crippen LogP contribution in [0.1, 0.15) is 20.3 Å². The minimum absolute atomic E-state index is 0.0663. The molecule has 0 fully saturated rings. The Balaban J connectivity index is 3.84. The van der Waals surface area contributed by atoms with Gasteiger partial charge in [0.1, 0.15) is 6.61 Å². The summed E-state index contributed by atoms with van der Waals surface area (Å²) in [4.78, 5) is 0. The van der Waals surface area contributed by atoms with Gasteiger partial charge in [0.05, 0.1) is 13.2 Å². The monoisotopic (exact) mass is 214 g/mol. The number of hydrogen-bond acceptors (Lipinski definition) is 2. The lowest BCUT2D eigenvalue weighted by Gasteiger charge is -2.27. The molecule has 1 atom stereocenters. The minimum atomic E-state index is -4.25. The van der Waals surface area contributed by atoms with Gasteiger partial charge in [-0.25, -0.2) is 0 Å². The highest BCUT2D eigenvalue weighted by Gasteiger charge is 2.30. The van der Waals surface area contributed by atoms with E-state index in [0.29, 0.717) is 6.61 Å². The van der Waals surface area contributed by atoms with E-state index in [-0.39, 0.29) is 12.0 Å². The van der Waals surface area contributed by atoms with Gasteiger partial charge in [0.15, 0.2) is 0 Å². The molecule has 0 saturated heterocycles. The predicted molar refractivity (Wildman–Crippen MR) is 47.1 cm³/mol. The van der Waals surface area contributed by atoms with Gasteiger partial charge < -0.3 is 9.47 Å². The van der Waals surface area contributed by atoms with Crippen molar-refractivity contribution in [3.05, 3.63) is 0 Å². The van der Waals surface area contributed by atoms with Gasteiger partial charge in [-0.2, -0.15) is 13.2 Å². The first-order valence-electron chi connectivity index (χ1n) is 4.46. The second kappa shape index (κ2) is 5.56. The van der Waals surface area contributed by atoms with E-state index in [1.165, 1.54) is 7.11 Å². The molecule has 0 amide bonds. The largest absolute Gasteiger partial charge is 0.411 e. The molecule has 0 aliphatic carbocycles. The molecule has 0 radical (unpaired) electrons. The van der Waals surface area contributed by atoms with Gasteiger partial charge in [0.25, 0.3) is 0 Å². The lowest BCUT2D eigenvalue weighted by molar-refractivity contribution is -0.182. The van der Waals surface area contributed by atoms with E-state index < -0.39 is 12.8 Å². The molecule has 0 heterocycles.